The van der Waals surface area contributed by atoms with Crippen molar-refractivity contribution in [3.05, 3.63) is 26.8 Å². The van der Waals surface area contributed by atoms with Crippen molar-refractivity contribution < 1.29 is 23.4 Å². The molecule has 0 unspecified atom stereocenters. The summed E-state index contributed by atoms with van der Waals surface area (Å²) in [6, 6.07) is 0.978. The lowest BCUT2D eigenvalue weighted by molar-refractivity contribution is 0.0690. The predicted octanol–water partition coefficient (Wildman–Crippen LogP) is 2.67. The van der Waals surface area contributed by atoms with Crippen LogP contribution in [0.3, 0.4) is 0 Å². The summed E-state index contributed by atoms with van der Waals surface area (Å²) < 4.78 is 31.3. The third kappa shape index (κ3) is 2.36. The molecule has 0 saturated carbocycles. The third-order valence-electron chi connectivity index (χ3n) is 1.64. The zero-order valence-electron chi connectivity index (χ0n) is 7.68. The van der Waals surface area contributed by atoms with E-state index in [4.69, 9.17) is 9.84 Å². The number of hydrogen-bond donors (Lipinski definition) is 1. The molecule has 0 fully saturated rings. The van der Waals surface area contributed by atoms with Crippen molar-refractivity contribution in [3.8, 4) is 5.75 Å². The monoisotopic (exact) mass is 328 g/mol. The van der Waals surface area contributed by atoms with Gasteiger partial charge in [0.15, 0.2) is 11.6 Å². The molecule has 0 aliphatic rings. The second-order valence-corrected chi connectivity index (χ2v) is 3.68. The van der Waals surface area contributed by atoms with Crippen LogP contribution in [0.5, 0.6) is 5.75 Å². The van der Waals surface area contributed by atoms with Crippen molar-refractivity contribution in [2.75, 3.05) is 6.61 Å². The van der Waals surface area contributed by atoms with Crippen LogP contribution in [0, 0.1) is 15.2 Å². The third-order valence-corrected chi connectivity index (χ3v) is 2.65. The quantitative estimate of drug-likeness (QED) is 0.685. The number of carbonyl (C=O) groups is 1. The van der Waals surface area contributed by atoms with Crippen molar-refractivity contribution in [1.82, 2.24) is 0 Å². The van der Waals surface area contributed by atoms with E-state index in [0.717, 1.165) is 6.07 Å². The summed E-state index contributed by atoms with van der Waals surface area (Å²) in [6.07, 6.45) is 0. The Morgan fingerprint density at radius 1 is 1.53 bits per heavy atom. The first-order valence-electron chi connectivity index (χ1n) is 4.02. The van der Waals surface area contributed by atoms with Gasteiger partial charge in [-0.2, -0.15) is 0 Å². The summed E-state index contributed by atoms with van der Waals surface area (Å²) >= 11 is 1.56. The molecule has 1 rings (SSSR count). The van der Waals surface area contributed by atoms with Crippen LogP contribution in [-0.4, -0.2) is 17.7 Å². The molecule has 0 spiro atoms. The van der Waals surface area contributed by atoms with Crippen LogP contribution in [0.15, 0.2) is 6.07 Å². The van der Waals surface area contributed by atoms with Crippen molar-refractivity contribution in [3.63, 3.8) is 0 Å². The molecule has 15 heavy (non-hydrogen) atoms. The minimum Gasteiger partial charge on any atom is -0.493 e. The highest BCUT2D eigenvalue weighted by Crippen LogP contribution is 2.28. The van der Waals surface area contributed by atoms with Crippen LogP contribution in [0.4, 0.5) is 8.78 Å². The average molecular weight is 328 g/mol. The van der Waals surface area contributed by atoms with Gasteiger partial charge in [0.1, 0.15) is 11.3 Å². The fraction of sp³-hybridized carbons (Fsp3) is 0.222. The summed E-state index contributed by atoms with van der Waals surface area (Å²) in [5.41, 5.74) is -0.726. The molecule has 0 aliphatic carbocycles. The van der Waals surface area contributed by atoms with Gasteiger partial charge >= 0.3 is 5.97 Å². The number of aromatic carboxylic acids is 1. The van der Waals surface area contributed by atoms with Crippen LogP contribution in [-0.2, 0) is 0 Å². The fourth-order valence-corrected chi connectivity index (χ4v) is 1.54. The van der Waals surface area contributed by atoms with Crippen molar-refractivity contribution >= 4 is 28.6 Å². The van der Waals surface area contributed by atoms with Gasteiger partial charge in [0.25, 0.3) is 0 Å². The molecule has 1 aromatic rings. The SMILES string of the molecule is CCOc1cc(C(=O)O)c(F)c(F)c1I. The van der Waals surface area contributed by atoms with Gasteiger partial charge in [0.2, 0.25) is 0 Å². The zero-order valence-corrected chi connectivity index (χ0v) is 9.84. The van der Waals surface area contributed by atoms with E-state index in [1.54, 1.807) is 29.5 Å². The molecular weight excluding hydrogens is 321 g/mol. The number of carboxylic acids is 1. The molecule has 0 atom stereocenters. The maximum Gasteiger partial charge on any atom is 0.338 e. The van der Waals surface area contributed by atoms with Crippen LogP contribution < -0.4 is 4.74 Å². The van der Waals surface area contributed by atoms with Crippen molar-refractivity contribution in [2.24, 2.45) is 0 Å². The summed E-state index contributed by atoms with van der Waals surface area (Å²) in [5, 5.41) is 8.61. The first-order valence-corrected chi connectivity index (χ1v) is 5.10. The first kappa shape index (κ1) is 12.2. The zero-order chi connectivity index (χ0) is 11.6. The Kier molecular flexibility index (Phi) is 3.83. The standard InChI is InChI=1S/C9H7F2IO3/c1-2-15-5-3-4(9(13)14)6(10)7(11)8(5)12/h3H,2H2,1H3,(H,13,14). The number of carboxylic acid groups (broad SMARTS) is 1. The van der Waals surface area contributed by atoms with Crippen LogP contribution in [0.25, 0.3) is 0 Å². The van der Waals surface area contributed by atoms with Crippen molar-refractivity contribution in [1.29, 1.82) is 0 Å². The minimum atomic E-state index is -1.52. The summed E-state index contributed by atoms with van der Waals surface area (Å²) in [6.45, 7) is 1.91. The van der Waals surface area contributed by atoms with Gasteiger partial charge in [0.05, 0.1) is 10.2 Å². The molecule has 0 aromatic heterocycles. The lowest BCUT2D eigenvalue weighted by atomic mass is 10.2. The minimum absolute atomic E-state index is 0.0365. The molecule has 0 amide bonds. The summed E-state index contributed by atoms with van der Waals surface area (Å²) in [4.78, 5) is 10.6. The summed E-state index contributed by atoms with van der Waals surface area (Å²) in [5.74, 6) is -4.05. The lowest BCUT2D eigenvalue weighted by Crippen LogP contribution is -2.07. The first-order chi connectivity index (χ1) is 6.99. The molecule has 3 nitrogen and oxygen atoms in total. The number of halogens is 3. The highest BCUT2D eigenvalue weighted by molar-refractivity contribution is 14.1. The van der Waals surface area contributed by atoms with Gasteiger partial charge in [-0.3, -0.25) is 0 Å². The molecule has 0 saturated heterocycles. The van der Waals surface area contributed by atoms with E-state index in [0.29, 0.717) is 0 Å². The largest absolute Gasteiger partial charge is 0.493 e. The Labute approximate surface area is 98.2 Å². The Morgan fingerprint density at radius 3 is 2.60 bits per heavy atom. The van der Waals surface area contributed by atoms with Crippen LogP contribution in [0.1, 0.15) is 17.3 Å². The fourth-order valence-electron chi connectivity index (χ4n) is 0.997. The van der Waals surface area contributed by atoms with Gasteiger partial charge < -0.3 is 9.84 Å². The highest BCUT2D eigenvalue weighted by Gasteiger charge is 2.21. The lowest BCUT2D eigenvalue weighted by Gasteiger charge is -2.08. The molecule has 0 bridgehead atoms. The van der Waals surface area contributed by atoms with E-state index in [1.807, 2.05) is 0 Å². The van der Waals surface area contributed by atoms with Gasteiger partial charge in [-0.25, -0.2) is 13.6 Å². The number of rotatable bonds is 3. The second-order valence-electron chi connectivity index (χ2n) is 2.60. The van der Waals surface area contributed by atoms with E-state index in [1.165, 1.54) is 0 Å². The summed E-state index contributed by atoms with van der Waals surface area (Å²) in [7, 11) is 0. The Bertz CT molecular complexity index is 407. The van der Waals surface area contributed by atoms with Gasteiger partial charge in [-0.15, -0.1) is 0 Å². The Morgan fingerprint density at radius 2 is 2.13 bits per heavy atom. The molecule has 0 heterocycles. The molecule has 0 radical (unpaired) electrons. The normalized spacial score (nSPS) is 10.1. The Balaban J connectivity index is 3.38. The van der Waals surface area contributed by atoms with E-state index >= 15 is 0 Å². The predicted molar refractivity (Wildman–Crippen MR) is 57.2 cm³/mol. The molecule has 1 N–H and O–H groups in total. The molecule has 82 valence electrons. The van der Waals surface area contributed by atoms with Gasteiger partial charge in [-0.05, 0) is 35.6 Å². The number of benzene rings is 1. The van der Waals surface area contributed by atoms with Gasteiger partial charge in [0, 0.05) is 0 Å². The maximum absolute atomic E-state index is 13.2. The van der Waals surface area contributed by atoms with Crippen molar-refractivity contribution in [2.45, 2.75) is 6.92 Å². The smallest absolute Gasteiger partial charge is 0.338 e. The number of hydrogen-bond acceptors (Lipinski definition) is 2. The van der Waals surface area contributed by atoms with E-state index < -0.39 is 23.2 Å². The number of ether oxygens (including phenoxy) is 1. The van der Waals surface area contributed by atoms with E-state index in [9.17, 15) is 13.6 Å². The molecule has 1 aromatic carbocycles. The van der Waals surface area contributed by atoms with E-state index in [2.05, 4.69) is 0 Å². The van der Waals surface area contributed by atoms with Crippen LogP contribution >= 0.6 is 22.6 Å². The average Bonchev–Trinajstić information content (AvgIpc) is 2.18. The van der Waals surface area contributed by atoms with Crippen LogP contribution in [0.2, 0.25) is 0 Å². The van der Waals surface area contributed by atoms with Gasteiger partial charge in [-0.1, -0.05) is 0 Å². The molecule has 0 aliphatic heterocycles. The van der Waals surface area contributed by atoms with E-state index in [-0.39, 0.29) is 15.9 Å². The Hall–Kier alpha value is -0.920. The second kappa shape index (κ2) is 4.73. The highest BCUT2D eigenvalue weighted by atomic mass is 127. The maximum atomic E-state index is 13.2. The molecule has 6 heteroatoms. The topological polar surface area (TPSA) is 46.5 Å². The molecular formula is C9H7F2IO3.